The predicted octanol–water partition coefficient (Wildman–Crippen LogP) is 1.87. The molecule has 1 aromatic carbocycles. The number of imide groups is 1. The van der Waals surface area contributed by atoms with Gasteiger partial charge in [-0.3, -0.25) is 19.3 Å². The number of rotatable bonds is 7. The van der Waals surface area contributed by atoms with Crippen LogP contribution in [0.1, 0.15) is 39.0 Å². The van der Waals surface area contributed by atoms with Gasteiger partial charge >= 0.3 is 12.0 Å². The molecule has 0 spiro atoms. The first kappa shape index (κ1) is 20.4. The van der Waals surface area contributed by atoms with Gasteiger partial charge in [0.1, 0.15) is 16.9 Å². The molecule has 2 aromatic rings. The molecule has 1 saturated heterocycles. The average molecular weight is 401 g/mol. The van der Waals surface area contributed by atoms with Crippen LogP contribution in [-0.2, 0) is 19.1 Å². The first-order valence-corrected chi connectivity index (χ1v) is 9.25. The van der Waals surface area contributed by atoms with E-state index in [4.69, 9.17) is 9.15 Å². The summed E-state index contributed by atoms with van der Waals surface area (Å²) in [6.45, 7) is 4.36. The number of benzene rings is 1. The monoisotopic (exact) mass is 401 g/mol. The number of carbonyl (C=O) groups excluding carboxylic acids is 4. The Bertz CT molecular complexity index is 931. The Morgan fingerprint density at radius 3 is 2.66 bits per heavy atom. The zero-order chi connectivity index (χ0) is 21.2. The molecule has 3 rings (SSSR count). The van der Waals surface area contributed by atoms with Crippen LogP contribution in [0, 0.1) is 0 Å². The Labute approximate surface area is 167 Å². The highest BCUT2D eigenvalue weighted by molar-refractivity contribution is 6.06. The fourth-order valence-corrected chi connectivity index (χ4v) is 3.01. The number of esters is 1. The minimum absolute atomic E-state index is 0.107. The second-order valence-corrected chi connectivity index (χ2v) is 7.40. The Kier molecular flexibility index (Phi) is 5.58. The van der Waals surface area contributed by atoms with E-state index in [9.17, 15) is 19.2 Å². The number of nitrogens with one attached hydrogen (secondary N) is 2. The molecule has 1 aliphatic heterocycles. The molecule has 1 aromatic heterocycles. The minimum Gasteiger partial charge on any atom is -0.459 e. The van der Waals surface area contributed by atoms with Crippen molar-refractivity contribution in [1.82, 2.24) is 15.5 Å². The van der Waals surface area contributed by atoms with Gasteiger partial charge in [0.15, 0.2) is 6.61 Å². The van der Waals surface area contributed by atoms with Crippen molar-refractivity contribution in [2.24, 2.45) is 0 Å². The van der Waals surface area contributed by atoms with Crippen LogP contribution < -0.4 is 10.6 Å². The van der Waals surface area contributed by atoms with E-state index in [0.717, 1.165) is 15.9 Å². The maximum absolute atomic E-state index is 12.1. The molecule has 1 fully saturated rings. The molecule has 1 aliphatic rings. The lowest BCUT2D eigenvalue weighted by Gasteiger charge is -2.15. The topological polar surface area (TPSA) is 118 Å². The number of amides is 4. The number of ether oxygens (including phenoxy) is 1. The number of para-hydroxylation sites is 1. The summed E-state index contributed by atoms with van der Waals surface area (Å²) in [5.41, 5.74) is -0.271. The third kappa shape index (κ3) is 4.56. The van der Waals surface area contributed by atoms with E-state index in [1.165, 1.54) is 0 Å². The van der Waals surface area contributed by atoms with Gasteiger partial charge in [-0.1, -0.05) is 18.2 Å². The summed E-state index contributed by atoms with van der Waals surface area (Å²) in [4.78, 5) is 48.7. The Morgan fingerprint density at radius 2 is 2.00 bits per heavy atom. The first-order valence-electron chi connectivity index (χ1n) is 9.25. The maximum atomic E-state index is 12.1. The number of furan rings is 1. The van der Waals surface area contributed by atoms with E-state index in [-0.39, 0.29) is 13.0 Å². The summed E-state index contributed by atoms with van der Waals surface area (Å²) in [5, 5.41) is 6.15. The van der Waals surface area contributed by atoms with E-state index < -0.39 is 42.0 Å². The Hall–Kier alpha value is -3.36. The van der Waals surface area contributed by atoms with Gasteiger partial charge in [0.25, 0.3) is 11.8 Å². The smallest absolute Gasteiger partial charge is 0.325 e. The number of hydrogen-bond acceptors (Lipinski definition) is 6. The molecule has 0 unspecified atom stereocenters. The summed E-state index contributed by atoms with van der Waals surface area (Å²) < 4.78 is 10.6. The molecular formula is C20H23N3O6. The van der Waals surface area contributed by atoms with Crippen molar-refractivity contribution in [2.75, 3.05) is 13.2 Å². The van der Waals surface area contributed by atoms with Crippen LogP contribution in [0.5, 0.6) is 0 Å². The van der Waals surface area contributed by atoms with E-state index in [1.54, 1.807) is 20.8 Å². The SMILES string of the molecule is C[C@@H](NC(=O)COC(=O)CCN1C(=O)NC(C)(C)C1=O)c1cc2ccccc2o1. The zero-order valence-electron chi connectivity index (χ0n) is 16.5. The maximum Gasteiger partial charge on any atom is 0.325 e. The summed E-state index contributed by atoms with van der Waals surface area (Å²) >= 11 is 0. The zero-order valence-corrected chi connectivity index (χ0v) is 16.5. The van der Waals surface area contributed by atoms with Crippen molar-refractivity contribution in [3.8, 4) is 0 Å². The van der Waals surface area contributed by atoms with E-state index in [1.807, 2.05) is 30.3 Å². The van der Waals surface area contributed by atoms with Gasteiger partial charge in [0.2, 0.25) is 0 Å². The fraction of sp³-hybridized carbons (Fsp3) is 0.400. The Balaban J connectivity index is 1.43. The first-order chi connectivity index (χ1) is 13.7. The van der Waals surface area contributed by atoms with Crippen LogP contribution in [0.15, 0.2) is 34.7 Å². The fourth-order valence-electron chi connectivity index (χ4n) is 3.01. The second-order valence-electron chi connectivity index (χ2n) is 7.40. The van der Waals surface area contributed by atoms with Gasteiger partial charge in [-0.15, -0.1) is 0 Å². The highest BCUT2D eigenvalue weighted by Crippen LogP contribution is 2.23. The number of urea groups is 1. The van der Waals surface area contributed by atoms with Gasteiger partial charge in [0.05, 0.1) is 12.5 Å². The van der Waals surface area contributed by atoms with Gasteiger partial charge in [0, 0.05) is 11.9 Å². The molecule has 2 N–H and O–H groups in total. The van der Waals surface area contributed by atoms with E-state index in [0.29, 0.717) is 5.76 Å². The largest absolute Gasteiger partial charge is 0.459 e. The molecule has 0 saturated carbocycles. The van der Waals surface area contributed by atoms with Crippen LogP contribution >= 0.6 is 0 Å². The third-order valence-electron chi connectivity index (χ3n) is 4.60. The standard InChI is InChI=1S/C20H23N3O6/c1-12(15-10-13-6-4-5-7-14(13)29-15)21-16(24)11-28-17(25)8-9-23-18(26)20(2,3)22-19(23)27/h4-7,10,12H,8-9,11H2,1-3H3,(H,21,24)(H,22,27)/t12-/m1/s1. The molecule has 9 nitrogen and oxygen atoms in total. The molecule has 9 heteroatoms. The van der Waals surface area contributed by atoms with E-state index in [2.05, 4.69) is 10.6 Å². The second kappa shape index (κ2) is 7.94. The molecule has 2 heterocycles. The van der Waals surface area contributed by atoms with Gasteiger partial charge < -0.3 is 19.8 Å². The van der Waals surface area contributed by atoms with Crippen molar-refractivity contribution >= 4 is 34.8 Å². The molecular weight excluding hydrogens is 378 g/mol. The highest BCUT2D eigenvalue weighted by atomic mass is 16.5. The molecule has 1 atom stereocenters. The van der Waals surface area contributed by atoms with Crippen molar-refractivity contribution in [3.63, 3.8) is 0 Å². The van der Waals surface area contributed by atoms with Crippen molar-refractivity contribution < 1.29 is 28.3 Å². The molecule has 0 radical (unpaired) electrons. The number of nitrogens with zero attached hydrogens (tertiary/aromatic N) is 1. The van der Waals surface area contributed by atoms with Crippen LogP contribution in [0.2, 0.25) is 0 Å². The highest BCUT2D eigenvalue weighted by Gasteiger charge is 2.44. The van der Waals surface area contributed by atoms with Crippen LogP contribution in [0.25, 0.3) is 11.0 Å². The summed E-state index contributed by atoms with van der Waals surface area (Å²) in [6, 6.07) is 8.38. The number of fused-ring (bicyclic) bond motifs is 1. The molecule has 0 aliphatic carbocycles. The van der Waals surface area contributed by atoms with Crippen LogP contribution in [0.3, 0.4) is 0 Å². The lowest BCUT2D eigenvalue weighted by molar-refractivity contribution is -0.149. The normalized spacial score (nSPS) is 16.6. The minimum atomic E-state index is -0.992. The molecule has 154 valence electrons. The molecule has 29 heavy (non-hydrogen) atoms. The quantitative estimate of drug-likeness (QED) is 0.540. The van der Waals surface area contributed by atoms with Crippen LogP contribution in [0.4, 0.5) is 4.79 Å². The number of hydrogen-bond donors (Lipinski definition) is 2. The lowest BCUT2D eigenvalue weighted by atomic mass is 10.1. The Morgan fingerprint density at radius 1 is 1.28 bits per heavy atom. The number of carbonyl (C=O) groups is 4. The molecule has 0 bridgehead atoms. The van der Waals surface area contributed by atoms with Gasteiger partial charge in [-0.2, -0.15) is 0 Å². The lowest BCUT2D eigenvalue weighted by Crippen LogP contribution is -2.40. The predicted molar refractivity (Wildman–Crippen MR) is 103 cm³/mol. The third-order valence-corrected chi connectivity index (χ3v) is 4.60. The summed E-state index contributed by atoms with van der Waals surface area (Å²) in [6.07, 6.45) is -0.193. The van der Waals surface area contributed by atoms with Gasteiger partial charge in [-0.25, -0.2) is 4.79 Å². The average Bonchev–Trinajstić information content (AvgIpc) is 3.17. The van der Waals surface area contributed by atoms with Gasteiger partial charge in [-0.05, 0) is 32.9 Å². The van der Waals surface area contributed by atoms with Crippen molar-refractivity contribution in [3.05, 3.63) is 36.1 Å². The van der Waals surface area contributed by atoms with Crippen molar-refractivity contribution in [1.29, 1.82) is 0 Å². The summed E-state index contributed by atoms with van der Waals surface area (Å²) in [7, 11) is 0. The summed E-state index contributed by atoms with van der Waals surface area (Å²) in [5.74, 6) is -0.982. The van der Waals surface area contributed by atoms with Crippen molar-refractivity contribution in [2.45, 2.75) is 38.8 Å². The van der Waals surface area contributed by atoms with Crippen LogP contribution in [-0.4, -0.2) is 47.4 Å². The molecule has 4 amide bonds. The van der Waals surface area contributed by atoms with E-state index >= 15 is 0 Å².